The molecule has 0 bridgehead atoms. The molecule has 0 saturated heterocycles. The van der Waals surface area contributed by atoms with Crippen LogP contribution in [0.25, 0.3) is 0 Å². The van der Waals surface area contributed by atoms with Gasteiger partial charge in [-0.25, -0.2) is 0 Å². The molecular weight excluding hydrogens is 212 g/mol. The van der Waals surface area contributed by atoms with Gasteiger partial charge in [-0.3, -0.25) is 4.79 Å². The summed E-state index contributed by atoms with van der Waals surface area (Å²) in [6, 6.07) is 9.08. The van der Waals surface area contributed by atoms with Crippen LogP contribution >= 0.6 is 0 Å². The third-order valence-corrected chi connectivity index (χ3v) is 2.43. The van der Waals surface area contributed by atoms with E-state index >= 15 is 0 Å². The van der Waals surface area contributed by atoms with E-state index in [-0.39, 0.29) is 5.91 Å². The monoisotopic (exact) mass is 230 g/mol. The molecule has 17 heavy (non-hydrogen) atoms. The van der Waals surface area contributed by atoms with Gasteiger partial charge in [0, 0.05) is 0 Å². The molecule has 1 amide bonds. The van der Waals surface area contributed by atoms with Crippen molar-refractivity contribution in [3.63, 3.8) is 0 Å². The summed E-state index contributed by atoms with van der Waals surface area (Å²) >= 11 is 0. The van der Waals surface area contributed by atoms with Crippen LogP contribution in [0.3, 0.4) is 0 Å². The van der Waals surface area contributed by atoms with E-state index in [2.05, 4.69) is 11.2 Å². The Hall–Kier alpha value is -1.79. The van der Waals surface area contributed by atoms with E-state index in [1.54, 1.807) is 13.8 Å². The molecule has 3 heteroatoms. The van der Waals surface area contributed by atoms with Crippen molar-refractivity contribution in [1.82, 2.24) is 5.32 Å². The van der Waals surface area contributed by atoms with Crippen molar-refractivity contribution in [2.45, 2.75) is 31.8 Å². The number of terminal acetylenes is 1. The van der Waals surface area contributed by atoms with Crippen molar-refractivity contribution in [2.75, 3.05) is 0 Å². The maximum Gasteiger partial charge on any atom is 0.238 e. The molecule has 0 spiro atoms. The van der Waals surface area contributed by atoms with Gasteiger partial charge in [-0.1, -0.05) is 36.3 Å². The number of hydrogen-bond acceptors (Lipinski definition) is 2. The largest absolute Gasteiger partial charge is 0.339 e. The van der Waals surface area contributed by atoms with Gasteiger partial charge in [0.1, 0.15) is 0 Å². The van der Waals surface area contributed by atoms with Gasteiger partial charge in [-0.05, 0) is 25.8 Å². The normalized spacial score (nSPS) is 12.6. The lowest BCUT2D eigenvalue weighted by Crippen LogP contribution is -2.50. The van der Waals surface area contributed by atoms with Crippen LogP contribution < -0.4 is 11.1 Å². The second-order valence-electron chi connectivity index (χ2n) is 4.55. The van der Waals surface area contributed by atoms with E-state index in [1.165, 1.54) is 0 Å². The topological polar surface area (TPSA) is 55.1 Å². The van der Waals surface area contributed by atoms with E-state index in [9.17, 15) is 4.79 Å². The van der Waals surface area contributed by atoms with Gasteiger partial charge in [0.05, 0.1) is 11.6 Å². The molecule has 0 saturated carbocycles. The van der Waals surface area contributed by atoms with Gasteiger partial charge in [-0.15, -0.1) is 6.42 Å². The van der Waals surface area contributed by atoms with E-state index in [0.29, 0.717) is 6.42 Å². The van der Waals surface area contributed by atoms with Crippen LogP contribution in [0.2, 0.25) is 0 Å². The molecule has 3 nitrogen and oxygen atoms in total. The van der Waals surface area contributed by atoms with Gasteiger partial charge in [-0.2, -0.15) is 0 Å². The molecule has 1 aromatic carbocycles. The fourth-order valence-corrected chi connectivity index (χ4v) is 1.40. The average Bonchev–Trinajstić information content (AvgIpc) is 2.30. The fourth-order valence-electron chi connectivity index (χ4n) is 1.40. The summed E-state index contributed by atoms with van der Waals surface area (Å²) in [5.74, 6) is 2.28. The van der Waals surface area contributed by atoms with Crippen LogP contribution in [0.15, 0.2) is 30.3 Å². The summed E-state index contributed by atoms with van der Waals surface area (Å²) in [7, 11) is 0. The SMILES string of the molecule is C#CC(C)(C)NC(=O)C(N)Cc1ccccc1. The Labute approximate surface area is 102 Å². The molecule has 90 valence electrons. The Morgan fingerprint density at radius 2 is 2.06 bits per heavy atom. The zero-order valence-corrected chi connectivity index (χ0v) is 10.2. The van der Waals surface area contributed by atoms with Crippen molar-refractivity contribution in [1.29, 1.82) is 0 Å². The fraction of sp³-hybridized carbons (Fsp3) is 0.357. The van der Waals surface area contributed by atoms with Crippen molar-refractivity contribution in [2.24, 2.45) is 5.73 Å². The molecular formula is C14H18N2O. The molecule has 3 N–H and O–H groups in total. The average molecular weight is 230 g/mol. The molecule has 0 heterocycles. The predicted molar refractivity (Wildman–Crippen MR) is 69.2 cm³/mol. The highest BCUT2D eigenvalue weighted by atomic mass is 16.2. The van der Waals surface area contributed by atoms with Gasteiger partial charge in [0.2, 0.25) is 5.91 Å². The van der Waals surface area contributed by atoms with Crippen molar-refractivity contribution >= 4 is 5.91 Å². The number of amides is 1. The van der Waals surface area contributed by atoms with Gasteiger partial charge >= 0.3 is 0 Å². The van der Waals surface area contributed by atoms with Crippen molar-refractivity contribution < 1.29 is 4.79 Å². The number of nitrogens with two attached hydrogens (primary N) is 1. The molecule has 1 aromatic rings. The zero-order chi connectivity index (χ0) is 12.9. The standard InChI is InChI=1S/C14H18N2O/c1-4-14(2,3)16-13(17)12(15)10-11-8-6-5-7-9-11/h1,5-9,12H,10,15H2,2-3H3,(H,16,17). The van der Waals surface area contributed by atoms with Crippen LogP contribution in [0.1, 0.15) is 19.4 Å². The quantitative estimate of drug-likeness (QED) is 0.761. The first kappa shape index (κ1) is 13.3. The van der Waals surface area contributed by atoms with E-state index in [4.69, 9.17) is 12.2 Å². The Bertz CT molecular complexity index is 418. The van der Waals surface area contributed by atoms with Crippen LogP contribution in [0.5, 0.6) is 0 Å². The third-order valence-electron chi connectivity index (χ3n) is 2.43. The lowest BCUT2D eigenvalue weighted by atomic mass is 10.0. The number of benzene rings is 1. The molecule has 0 aliphatic carbocycles. The Balaban J connectivity index is 2.57. The first-order valence-corrected chi connectivity index (χ1v) is 5.54. The Kier molecular flexibility index (Phi) is 4.30. The number of nitrogens with one attached hydrogen (secondary N) is 1. The van der Waals surface area contributed by atoms with Crippen LogP contribution in [-0.2, 0) is 11.2 Å². The highest BCUT2D eigenvalue weighted by Crippen LogP contribution is 2.04. The molecule has 0 aromatic heterocycles. The third kappa shape index (κ3) is 4.29. The summed E-state index contributed by atoms with van der Waals surface area (Å²) in [5.41, 5.74) is 6.20. The Morgan fingerprint density at radius 3 is 2.59 bits per heavy atom. The van der Waals surface area contributed by atoms with Crippen molar-refractivity contribution in [3.8, 4) is 12.3 Å². The highest BCUT2D eigenvalue weighted by Gasteiger charge is 2.21. The maximum absolute atomic E-state index is 11.8. The number of carbonyl (C=O) groups excluding carboxylic acids is 1. The van der Waals surface area contributed by atoms with Gasteiger partial charge in [0.15, 0.2) is 0 Å². The maximum atomic E-state index is 11.8. The van der Waals surface area contributed by atoms with E-state index in [1.807, 2.05) is 30.3 Å². The molecule has 1 rings (SSSR count). The van der Waals surface area contributed by atoms with Crippen LogP contribution in [-0.4, -0.2) is 17.5 Å². The summed E-state index contributed by atoms with van der Waals surface area (Å²) in [5, 5.41) is 2.73. The number of carbonyl (C=O) groups is 1. The zero-order valence-electron chi connectivity index (χ0n) is 10.2. The minimum atomic E-state index is -0.661. The summed E-state index contributed by atoms with van der Waals surface area (Å²) in [6.07, 6.45) is 5.81. The number of hydrogen-bond donors (Lipinski definition) is 2. The number of rotatable bonds is 4. The summed E-state index contributed by atoms with van der Waals surface area (Å²) in [6.45, 7) is 3.53. The molecule has 0 radical (unpaired) electrons. The van der Waals surface area contributed by atoms with Crippen LogP contribution in [0.4, 0.5) is 0 Å². The lowest BCUT2D eigenvalue weighted by molar-refractivity contribution is -0.123. The molecule has 0 aliphatic rings. The second-order valence-corrected chi connectivity index (χ2v) is 4.55. The first-order valence-electron chi connectivity index (χ1n) is 5.54. The molecule has 0 aliphatic heterocycles. The van der Waals surface area contributed by atoms with E-state index < -0.39 is 11.6 Å². The van der Waals surface area contributed by atoms with Crippen molar-refractivity contribution in [3.05, 3.63) is 35.9 Å². The summed E-state index contributed by atoms with van der Waals surface area (Å²) < 4.78 is 0. The second kappa shape index (κ2) is 5.51. The minimum Gasteiger partial charge on any atom is -0.339 e. The molecule has 0 fully saturated rings. The predicted octanol–water partition coefficient (Wildman–Crippen LogP) is 1.08. The Morgan fingerprint density at radius 1 is 1.47 bits per heavy atom. The first-order chi connectivity index (χ1) is 7.94. The molecule has 1 atom stereocenters. The lowest BCUT2D eigenvalue weighted by Gasteiger charge is -2.22. The molecule has 1 unspecified atom stereocenters. The highest BCUT2D eigenvalue weighted by molar-refractivity contribution is 5.82. The van der Waals surface area contributed by atoms with Gasteiger partial charge in [0.25, 0.3) is 0 Å². The van der Waals surface area contributed by atoms with Crippen LogP contribution in [0, 0.1) is 12.3 Å². The van der Waals surface area contributed by atoms with Gasteiger partial charge < -0.3 is 11.1 Å². The summed E-state index contributed by atoms with van der Waals surface area (Å²) in [4.78, 5) is 11.8. The van der Waals surface area contributed by atoms with E-state index in [0.717, 1.165) is 5.56 Å². The minimum absolute atomic E-state index is 0.225. The smallest absolute Gasteiger partial charge is 0.238 e.